The van der Waals surface area contributed by atoms with Crippen LogP contribution in [0, 0.1) is 0 Å². The molecule has 0 saturated carbocycles. The summed E-state index contributed by atoms with van der Waals surface area (Å²) in [5, 5.41) is 2.64. The second-order valence-corrected chi connectivity index (χ2v) is 17.7. The Hall–Kier alpha value is -1.50. The van der Waals surface area contributed by atoms with E-state index in [-0.39, 0.29) is 0 Å². The number of methoxy groups -OCH3 is 1. The molecule has 0 saturated heterocycles. The average Bonchev–Trinajstić information content (AvgIpc) is 2.35. The van der Waals surface area contributed by atoms with Gasteiger partial charge in [0.2, 0.25) is 0 Å². The van der Waals surface area contributed by atoms with Crippen molar-refractivity contribution in [3.8, 4) is 5.75 Å². The number of hydrogen-bond donors (Lipinski definition) is 1. The van der Waals surface area contributed by atoms with Crippen LogP contribution in [0.3, 0.4) is 0 Å². The van der Waals surface area contributed by atoms with Crippen molar-refractivity contribution in [3.63, 3.8) is 0 Å². The predicted octanol–water partition coefficient (Wildman–Crippen LogP) is 2.57. The fourth-order valence-electron chi connectivity index (χ4n) is 1.40. The molecule has 0 radical (unpaired) electrons. The summed E-state index contributed by atoms with van der Waals surface area (Å²) in [5.74, 6) is -0.318. The van der Waals surface area contributed by atoms with Gasteiger partial charge in [-0.3, -0.25) is 0 Å². The van der Waals surface area contributed by atoms with Gasteiger partial charge in [-0.05, 0) is 0 Å². The van der Waals surface area contributed by atoms with Crippen molar-refractivity contribution in [1.82, 2.24) is 0 Å². The van der Waals surface area contributed by atoms with Gasteiger partial charge in [-0.15, -0.1) is 0 Å². The van der Waals surface area contributed by atoms with Gasteiger partial charge in [0.25, 0.3) is 0 Å². The summed E-state index contributed by atoms with van der Waals surface area (Å²) >= 11 is -2.63. The summed E-state index contributed by atoms with van der Waals surface area (Å²) in [6.07, 6.45) is 2.30. The van der Waals surface area contributed by atoms with Crippen molar-refractivity contribution in [2.24, 2.45) is 0 Å². The van der Waals surface area contributed by atoms with E-state index in [0.29, 0.717) is 11.4 Å². The van der Waals surface area contributed by atoms with Gasteiger partial charge in [-0.1, -0.05) is 0 Å². The Morgan fingerprint density at radius 3 is 2.40 bits per heavy atom. The van der Waals surface area contributed by atoms with E-state index in [9.17, 15) is 9.59 Å². The van der Waals surface area contributed by atoms with Crippen LogP contribution in [0.5, 0.6) is 5.75 Å². The molecule has 1 N–H and O–H groups in total. The number of ether oxygens (including phenoxy) is 1. The maximum absolute atomic E-state index is 11.7. The van der Waals surface area contributed by atoms with Crippen LogP contribution in [-0.4, -0.2) is 37.8 Å². The van der Waals surface area contributed by atoms with Crippen LogP contribution in [0.15, 0.2) is 36.4 Å². The molecule has 0 bridgehead atoms. The van der Waals surface area contributed by atoms with Crippen molar-refractivity contribution in [2.75, 3.05) is 12.4 Å². The van der Waals surface area contributed by atoms with E-state index < -0.39 is 30.7 Å². The summed E-state index contributed by atoms with van der Waals surface area (Å²) in [6, 6.07) is 7.04. The Labute approximate surface area is 123 Å². The fourth-order valence-corrected chi connectivity index (χ4v) is 3.32. The minimum atomic E-state index is -2.63. The topological polar surface area (TPSA) is 64.6 Å². The second-order valence-electron chi connectivity index (χ2n) is 5.06. The zero-order valence-corrected chi connectivity index (χ0v) is 15.0. The zero-order chi connectivity index (χ0) is 15.2. The molecule has 1 aromatic carbocycles. The Balaban J connectivity index is 2.62. The van der Waals surface area contributed by atoms with Crippen molar-refractivity contribution >= 4 is 36.4 Å². The molecule has 6 heteroatoms. The van der Waals surface area contributed by atoms with E-state index in [0.717, 1.165) is 12.2 Å². The third-order valence-corrected chi connectivity index (χ3v) is 4.46. The van der Waals surface area contributed by atoms with Gasteiger partial charge in [0.05, 0.1) is 0 Å². The maximum atomic E-state index is 11.7. The van der Waals surface area contributed by atoms with E-state index in [4.69, 9.17) is 7.81 Å². The van der Waals surface area contributed by atoms with Gasteiger partial charge in [-0.2, -0.15) is 0 Å². The molecule has 0 aromatic heterocycles. The number of hydrogen-bond acceptors (Lipinski definition) is 4. The molecule has 0 aliphatic heterocycles. The molecule has 108 valence electrons. The molecular formula is C14H19NO4Sn. The number of carbonyl (C=O) groups excluding carboxylic acids is 2. The number of nitrogens with one attached hydrogen (secondary N) is 1. The van der Waals surface area contributed by atoms with E-state index in [1.54, 1.807) is 24.3 Å². The van der Waals surface area contributed by atoms with E-state index in [2.05, 4.69) is 5.32 Å². The quantitative estimate of drug-likeness (QED) is 0.626. The van der Waals surface area contributed by atoms with Crippen LogP contribution in [0.25, 0.3) is 0 Å². The number of benzene rings is 1. The van der Waals surface area contributed by atoms with E-state index in [1.165, 1.54) is 7.11 Å². The first kappa shape index (κ1) is 16.6. The first-order valence-electron chi connectivity index (χ1n) is 6.17. The van der Waals surface area contributed by atoms with Crippen LogP contribution >= 0.6 is 0 Å². The molecule has 0 aliphatic rings. The van der Waals surface area contributed by atoms with Crippen molar-refractivity contribution in [1.29, 1.82) is 0 Å². The van der Waals surface area contributed by atoms with Crippen LogP contribution in [-0.2, 0) is 12.7 Å². The van der Waals surface area contributed by atoms with E-state index >= 15 is 0 Å². The van der Waals surface area contributed by atoms with Crippen molar-refractivity contribution in [3.05, 3.63) is 36.4 Å². The molecule has 1 rings (SSSR count). The summed E-state index contributed by atoms with van der Waals surface area (Å²) in [5.41, 5.74) is 0.549. The van der Waals surface area contributed by atoms with Crippen LogP contribution in [0.2, 0.25) is 14.8 Å². The Bertz CT molecular complexity index is 520. The van der Waals surface area contributed by atoms with Gasteiger partial charge in [-0.25, -0.2) is 0 Å². The predicted molar refractivity (Wildman–Crippen MR) is 80.2 cm³/mol. The summed E-state index contributed by atoms with van der Waals surface area (Å²) in [7, 11) is 1.52. The Morgan fingerprint density at radius 2 is 1.80 bits per heavy atom. The standard InChI is InChI=1S/C11H11NO4.3CH3.Sn/c1-16-9-5-3-2-4-8(9)12-10(13)6-7-11(14)15;;;;/h2-7H,1H3,(H,12,13)(H,14,15);3*1H3;/q;;;;+1/p-1/b7-6+;;;;. The summed E-state index contributed by atoms with van der Waals surface area (Å²) < 4.78 is 10.4. The number of rotatable bonds is 5. The van der Waals surface area contributed by atoms with Gasteiger partial charge in [0.1, 0.15) is 0 Å². The third-order valence-electron chi connectivity index (χ3n) is 2.14. The molecule has 1 amide bonds. The molecule has 0 atom stereocenters. The number of amides is 1. The Kier molecular flexibility index (Phi) is 6.06. The molecule has 0 aliphatic carbocycles. The van der Waals surface area contributed by atoms with Gasteiger partial charge >= 0.3 is 123 Å². The first-order valence-corrected chi connectivity index (χ1v) is 15.9. The van der Waals surface area contributed by atoms with Crippen LogP contribution in [0.1, 0.15) is 0 Å². The van der Waals surface area contributed by atoms with Crippen molar-refractivity contribution < 1.29 is 17.4 Å². The number of anilines is 1. The summed E-state index contributed by atoms with van der Waals surface area (Å²) in [6.45, 7) is 0. The van der Waals surface area contributed by atoms with Gasteiger partial charge < -0.3 is 0 Å². The molecule has 0 spiro atoms. The van der Waals surface area contributed by atoms with Gasteiger partial charge in [0.15, 0.2) is 0 Å². The van der Waals surface area contributed by atoms with Crippen LogP contribution in [0.4, 0.5) is 5.69 Å². The molecule has 0 unspecified atom stereocenters. The van der Waals surface area contributed by atoms with Crippen LogP contribution < -0.4 is 10.1 Å². The Morgan fingerprint density at radius 1 is 1.15 bits per heavy atom. The van der Waals surface area contributed by atoms with E-state index in [1.807, 2.05) is 14.8 Å². The SMILES string of the molecule is COc1ccccc1NC(=O)/C=C/C(=O)[O][Sn]([CH3])([CH3])[CH3]. The van der Waals surface area contributed by atoms with Crippen molar-refractivity contribution in [2.45, 2.75) is 14.8 Å². The molecule has 1 aromatic rings. The molecule has 0 heterocycles. The molecule has 5 nitrogen and oxygen atoms in total. The number of carbonyl (C=O) groups is 2. The van der Waals surface area contributed by atoms with Gasteiger partial charge in [0, 0.05) is 0 Å². The monoisotopic (exact) mass is 385 g/mol. The molecular weight excluding hydrogens is 365 g/mol. The number of para-hydroxylation sites is 2. The third kappa shape index (κ3) is 6.10. The average molecular weight is 384 g/mol. The second kappa shape index (κ2) is 7.33. The summed E-state index contributed by atoms with van der Waals surface area (Å²) in [4.78, 5) is 29.1. The molecule has 20 heavy (non-hydrogen) atoms. The minimum absolute atomic E-state index is 0.407. The normalized spacial score (nSPS) is 11.2. The first-order chi connectivity index (χ1) is 9.31. The fraction of sp³-hybridized carbons (Fsp3) is 0.286. The molecule has 0 fully saturated rings. The zero-order valence-electron chi connectivity index (χ0n) is 12.1.